The Bertz CT molecular complexity index is 633. The largest absolute Gasteiger partial charge is 0.465 e. The molecule has 0 aliphatic heterocycles. The van der Waals surface area contributed by atoms with Crippen LogP contribution in [-0.2, 0) is 23.9 Å². The highest BCUT2D eigenvalue weighted by Crippen LogP contribution is 2.16. The SMILES string of the molecule is COC(=O)C(=O)/C(=C/c1cccc([N+](=O)[O-])c1)C(=O)OC. The van der Waals surface area contributed by atoms with E-state index in [1.54, 1.807) is 0 Å². The maximum absolute atomic E-state index is 11.7. The molecule has 0 aliphatic rings. The number of nitro benzene ring substituents is 1. The van der Waals surface area contributed by atoms with Gasteiger partial charge < -0.3 is 9.47 Å². The molecule has 0 amide bonds. The molecular formula is C13H11NO7. The number of carbonyl (C=O) groups is 3. The number of hydrogen-bond acceptors (Lipinski definition) is 7. The number of nitrogens with zero attached hydrogens (tertiary/aromatic N) is 1. The van der Waals surface area contributed by atoms with Gasteiger partial charge in [-0.1, -0.05) is 12.1 Å². The number of hydrogen-bond donors (Lipinski definition) is 0. The van der Waals surface area contributed by atoms with Gasteiger partial charge in [-0.3, -0.25) is 14.9 Å². The fourth-order valence-corrected chi connectivity index (χ4v) is 1.42. The van der Waals surface area contributed by atoms with Gasteiger partial charge in [-0.2, -0.15) is 0 Å². The molecule has 0 radical (unpaired) electrons. The molecule has 0 aromatic heterocycles. The Morgan fingerprint density at radius 2 is 1.76 bits per heavy atom. The molecule has 0 saturated heterocycles. The summed E-state index contributed by atoms with van der Waals surface area (Å²) in [6, 6.07) is 5.20. The highest BCUT2D eigenvalue weighted by molar-refractivity contribution is 6.47. The maximum atomic E-state index is 11.7. The van der Waals surface area contributed by atoms with Crippen molar-refractivity contribution < 1.29 is 28.8 Å². The summed E-state index contributed by atoms with van der Waals surface area (Å²) >= 11 is 0. The molecular weight excluding hydrogens is 282 g/mol. The second-order valence-corrected chi connectivity index (χ2v) is 3.72. The standard InChI is InChI=1S/C13H11NO7/c1-20-12(16)10(11(15)13(17)21-2)7-8-4-3-5-9(6-8)14(18)19/h3-7H,1-2H3/b10-7-. The monoisotopic (exact) mass is 293 g/mol. The second kappa shape index (κ2) is 6.94. The first-order valence-electron chi connectivity index (χ1n) is 5.57. The number of methoxy groups -OCH3 is 2. The number of ketones is 1. The molecule has 1 rings (SSSR count). The Morgan fingerprint density at radius 3 is 2.29 bits per heavy atom. The van der Waals surface area contributed by atoms with Crippen molar-refractivity contribution in [1.82, 2.24) is 0 Å². The molecule has 0 N–H and O–H groups in total. The number of non-ortho nitro benzene ring substituents is 1. The first kappa shape index (κ1) is 16.0. The second-order valence-electron chi connectivity index (χ2n) is 3.72. The molecule has 8 nitrogen and oxygen atoms in total. The van der Waals surface area contributed by atoms with Gasteiger partial charge in [0.25, 0.3) is 11.5 Å². The summed E-state index contributed by atoms with van der Waals surface area (Å²) in [5, 5.41) is 10.7. The topological polar surface area (TPSA) is 113 Å². The highest BCUT2D eigenvalue weighted by Gasteiger charge is 2.26. The summed E-state index contributed by atoms with van der Waals surface area (Å²) in [6.07, 6.45) is 1.03. The van der Waals surface area contributed by atoms with Gasteiger partial charge in [0.2, 0.25) is 0 Å². The van der Waals surface area contributed by atoms with E-state index in [0.29, 0.717) is 0 Å². The van der Waals surface area contributed by atoms with E-state index < -0.39 is 28.2 Å². The zero-order chi connectivity index (χ0) is 16.0. The van der Waals surface area contributed by atoms with Crippen LogP contribution >= 0.6 is 0 Å². The van der Waals surface area contributed by atoms with Gasteiger partial charge >= 0.3 is 11.9 Å². The van der Waals surface area contributed by atoms with Crippen LogP contribution in [0.15, 0.2) is 29.8 Å². The number of Topliss-reactive ketones (excluding diaryl/α,β-unsaturated/α-hetero) is 1. The van der Waals surface area contributed by atoms with Gasteiger partial charge in [-0.05, 0) is 11.6 Å². The van der Waals surface area contributed by atoms with Crippen molar-refractivity contribution in [3.8, 4) is 0 Å². The number of esters is 2. The third-order valence-electron chi connectivity index (χ3n) is 2.41. The Balaban J connectivity index is 3.29. The predicted molar refractivity (Wildman–Crippen MR) is 70.1 cm³/mol. The molecule has 0 atom stereocenters. The molecule has 0 saturated carbocycles. The number of rotatable bonds is 5. The van der Waals surface area contributed by atoms with E-state index in [0.717, 1.165) is 26.4 Å². The summed E-state index contributed by atoms with van der Waals surface area (Å²) in [5.41, 5.74) is -0.606. The lowest BCUT2D eigenvalue weighted by Gasteiger charge is -2.03. The summed E-state index contributed by atoms with van der Waals surface area (Å²) in [4.78, 5) is 44.5. The molecule has 8 heteroatoms. The minimum Gasteiger partial charge on any atom is -0.465 e. The summed E-state index contributed by atoms with van der Waals surface area (Å²) in [7, 11) is 2.02. The fourth-order valence-electron chi connectivity index (χ4n) is 1.42. The molecule has 21 heavy (non-hydrogen) atoms. The maximum Gasteiger partial charge on any atom is 0.379 e. The molecule has 0 aliphatic carbocycles. The van der Waals surface area contributed by atoms with Crippen LogP contribution < -0.4 is 0 Å². The normalized spacial score (nSPS) is 10.7. The molecule has 0 spiro atoms. The number of benzene rings is 1. The van der Waals surface area contributed by atoms with E-state index in [1.807, 2.05) is 0 Å². The number of nitro groups is 1. The molecule has 110 valence electrons. The van der Waals surface area contributed by atoms with Crippen molar-refractivity contribution in [3.05, 3.63) is 45.5 Å². The molecule has 0 fully saturated rings. The highest BCUT2D eigenvalue weighted by atomic mass is 16.6. The average Bonchev–Trinajstić information content (AvgIpc) is 2.50. The van der Waals surface area contributed by atoms with Gasteiger partial charge in [-0.25, -0.2) is 9.59 Å². The van der Waals surface area contributed by atoms with Gasteiger partial charge in [0.05, 0.1) is 19.1 Å². The molecule has 1 aromatic carbocycles. The van der Waals surface area contributed by atoms with Crippen LogP contribution in [0.25, 0.3) is 6.08 Å². The van der Waals surface area contributed by atoms with Gasteiger partial charge in [0.1, 0.15) is 5.57 Å². The Hall–Kier alpha value is -3.03. The van der Waals surface area contributed by atoms with Crippen LogP contribution in [0.5, 0.6) is 0 Å². The minimum absolute atomic E-state index is 0.196. The van der Waals surface area contributed by atoms with E-state index >= 15 is 0 Å². The third kappa shape index (κ3) is 3.96. The zero-order valence-corrected chi connectivity index (χ0v) is 11.2. The van der Waals surface area contributed by atoms with E-state index in [2.05, 4.69) is 9.47 Å². The Kier molecular flexibility index (Phi) is 5.30. The first-order valence-corrected chi connectivity index (χ1v) is 5.57. The smallest absolute Gasteiger partial charge is 0.379 e. The van der Waals surface area contributed by atoms with Crippen LogP contribution in [-0.4, -0.2) is 36.9 Å². The van der Waals surface area contributed by atoms with Crippen molar-refractivity contribution in [2.45, 2.75) is 0 Å². The average molecular weight is 293 g/mol. The summed E-state index contributed by atoms with van der Waals surface area (Å²) in [6.45, 7) is 0. The van der Waals surface area contributed by atoms with Crippen molar-refractivity contribution in [2.24, 2.45) is 0 Å². The number of ether oxygens (including phenoxy) is 2. The summed E-state index contributed by atoms with van der Waals surface area (Å²) < 4.78 is 8.65. The van der Waals surface area contributed by atoms with Crippen molar-refractivity contribution >= 4 is 29.5 Å². The predicted octanol–water partition coefficient (Wildman–Crippen LogP) is 0.893. The number of carbonyl (C=O) groups excluding carboxylic acids is 3. The lowest BCUT2D eigenvalue weighted by molar-refractivity contribution is -0.384. The molecule has 1 aromatic rings. The van der Waals surface area contributed by atoms with Crippen LogP contribution in [0.4, 0.5) is 5.69 Å². The van der Waals surface area contributed by atoms with Crippen LogP contribution in [0.2, 0.25) is 0 Å². The fraction of sp³-hybridized carbons (Fsp3) is 0.154. The van der Waals surface area contributed by atoms with Crippen LogP contribution in [0.3, 0.4) is 0 Å². The lowest BCUT2D eigenvalue weighted by atomic mass is 10.1. The molecule has 0 unspecified atom stereocenters. The zero-order valence-electron chi connectivity index (χ0n) is 11.2. The van der Waals surface area contributed by atoms with E-state index in [-0.39, 0.29) is 11.3 Å². The van der Waals surface area contributed by atoms with E-state index in [9.17, 15) is 24.5 Å². The summed E-state index contributed by atoms with van der Waals surface area (Å²) in [5.74, 6) is -3.48. The molecule has 0 heterocycles. The van der Waals surface area contributed by atoms with E-state index in [4.69, 9.17) is 0 Å². The van der Waals surface area contributed by atoms with E-state index in [1.165, 1.54) is 18.2 Å². The van der Waals surface area contributed by atoms with Crippen molar-refractivity contribution in [1.29, 1.82) is 0 Å². The van der Waals surface area contributed by atoms with Gasteiger partial charge in [0, 0.05) is 12.1 Å². The quantitative estimate of drug-likeness (QED) is 0.151. The first-order chi connectivity index (χ1) is 9.90. The van der Waals surface area contributed by atoms with Gasteiger partial charge in [0.15, 0.2) is 0 Å². The Labute approximate surface area is 119 Å². The lowest BCUT2D eigenvalue weighted by Crippen LogP contribution is -2.23. The van der Waals surface area contributed by atoms with Crippen molar-refractivity contribution in [2.75, 3.05) is 14.2 Å². The third-order valence-corrected chi connectivity index (χ3v) is 2.41. The van der Waals surface area contributed by atoms with Crippen molar-refractivity contribution in [3.63, 3.8) is 0 Å². The van der Waals surface area contributed by atoms with Crippen LogP contribution in [0.1, 0.15) is 5.56 Å². The minimum atomic E-state index is -1.24. The van der Waals surface area contributed by atoms with Crippen LogP contribution in [0, 0.1) is 10.1 Å². The van der Waals surface area contributed by atoms with Gasteiger partial charge in [-0.15, -0.1) is 0 Å². The Morgan fingerprint density at radius 1 is 1.14 bits per heavy atom. The molecule has 0 bridgehead atoms.